The lowest BCUT2D eigenvalue weighted by Gasteiger charge is -2.09. The van der Waals surface area contributed by atoms with E-state index in [1.807, 2.05) is 36.4 Å². The fraction of sp³-hybridized carbons (Fsp3) is 0.167. The van der Waals surface area contributed by atoms with Gasteiger partial charge in [-0.2, -0.15) is 0 Å². The zero-order valence-corrected chi connectivity index (χ0v) is 17.5. The van der Waals surface area contributed by atoms with E-state index in [1.54, 1.807) is 30.3 Å². The van der Waals surface area contributed by atoms with E-state index in [1.165, 1.54) is 6.92 Å². The maximum Gasteiger partial charge on any atom is 0.306 e. The number of carbonyl (C=O) groups is 4. The van der Waals surface area contributed by atoms with Gasteiger partial charge in [-0.3, -0.25) is 19.2 Å². The lowest BCUT2D eigenvalue weighted by molar-refractivity contribution is -0.147. The number of rotatable bonds is 8. The Labute approximate surface area is 184 Å². The van der Waals surface area contributed by atoms with Crippen LogP contribution in [0.15, 0.2) is 66.7 Å². The molecule has 0 heterocycles. The predicted molar refractivity (Wildman–Crippen MR) is 122 cm³/mol. The summed E-state index contributed by atoms with van der Waals surface area (Å²) >= 11 is 0. The van der Waals surface area contributed by atoms with Crippen LogP contribution < -0.4 is 16.0 Å². The van der Waals surface area contributed by atoms with Crippen molar-refractivity contribution in [3.8, 4) is 0 Å². The monoisotopic (exact) mass is 433 g/mol. The quantitative estimate of drug-likeness (QED) is 0.469. The van der Waals surface area contributed by atoms with Crippen LogP contribution in [0.2, 0.25) is 0 Å². The summed E-state index contributed by atoms with van der Waals surface area (Å²) in [5, 5.41) is 9.88. The average Bonchev–Trinajstić information content (AvgIpc) is 2.77. The summed E-state index contributed by atoms with van der Waals surface area (Å²) < 4.78 is 4.97. The van der Waals surface area contributed by atoms with E-state index in [9.17, 15) is 19.2 Å². The normalized spacial score (nSPS) is 10.3. The van der Waals surface area contributed by atoms with Crippen molar-refractivity contribution >= 4 is 51.5 Å². The lowest BCUT2D eigenvalue weighted by atomic mass is 10.1. The SMILES string of the molecule is CC(=O)Nc1ccc(NC(=O)CCC(=O)OCC(=O)Nc2cccc3ccccc23)cc1. The van der Waals surface area contributed by atoms with Crippen LogP contribution in [-0.2, 0) is 23.9 Å². The van der Waals surface area contributed by atoms with Crippen LogP contribution in [0, 0.1) is 0 Å². The van der Waals surface area contributed by atoms with Crippen molar-refractivity contribution in [3.63, 3.8) is 0 Å². The van der Waals surface area contributed by atoms with E-state index in [2.05, 4.69) is 16.0 Å². The molecule has 0 atom stereocenters. The molecule has 3 aromatic rings. The second kappa shape index (κ2) is 10.7. The molecule has 164 valence electrons. The first-order valence-corrected chi connectivity index (χ1v) is 10.0. The average molecular weight is 433 g/mol. The largest absolute Gasteiger partial charge is 0.456 e. The second-order valence-corrected chi connectivity index (χ2v) is 7.04. The van der Waals surface area contributed by atoms with Crippen molar-refractivity contribution < 1.29 is 23.9 Å². The first kappa shape index (κ1) is 22.5. The number of benzene rings is 3. The van der Waals surface area contributed by atoms with Crippen LogP contribution in [0.1, 0.15) is 19.8 Å². The maximum atomic E-state index is 12.1. The van der Waals surface area contributed by atoms with Crippen LogP contribution in [0.3, 0.4) is 0 Å². The first-order chi connectivity index (χ1) is 15.4. The van der Waals surface area contributed by atoms with Crippen LogP contribution in [0.5, 0.6) is 0 Å². The summed E-state index contributed by atoms with van der Waals surface area (Å²) in [5.74, 6) is -1.66. The third-order valence-electron chi connectivity index (χ3n) is 4.47. The fourth-order valence-electron chi connectivity index (χ4n) is 3.02. The molecule has 0 aromatic heterocycles. The van der Waals surface area contributed by atoms with E-state index in [0.29, 0.717) is 17.1 Å². The highest BCUT2D eigenvalue weighted by molar-refractivity contribution is 6.03. The van der Waals surface area contributed by atoms with Gasteiger partial charge in [-0.1, -0.05) is 36.4 Å². The number of fused-ring (bicyclic) bond motifs is 1. The van der Waals surface area contributed by atoms with Gasteiger partial charge in [-0.25, -0.2) is 0 Å². The molecule has 3 N–H and O–H groups in total. The van der Waals surface area contributed by atoms with Crippen LogP contribution in [0.25, 0.3) is 10.8 Å². The third kappa shape index (κ3) is 6.66. The summed E-state index contributed by atoms with van der Waals surface area (Å²) in [6, 6.07) is 19.7. The topological polar surface area (TPSA) is 114 Å². The van der Waals surface area contributed by atoms with Gasteiger partial charge in [0.1, 0.15) is 0 Å². The number of anilines is 3. The Hall–Kier alpha value is -4.20. The highest BCUT2D eigenvalue weighted by Crippen LogP contribution is 2.22. The maximum absolute atomic E-state index is 12.1. The zero-order valence-electron chi connectivity index (χ0n) is 17.5. The Morgan fingerprint density at radius 1 is 0.719 bits per heavy atom. The van der Waals surface area contributed by atoms with Crippen LogP contribution in [-0.4, -0.2) is 30.3 Å². The van der Waals surface area contributed by atoms with E-state index in [4.69, 9.17) is 4.74 Å². The van der Waals surface area contributed by atoms with Crippen molar-refractivity contribution in [3.05, 3.63) is 66.7 Å². The summed E-state index contributed by atoms with van der Waals surface area (Å²) in [6.45, 7) is 0.969. The van der Waals surface area contributed by atoms with Crippen molar-refractivity contribution in [2.24, 2.45) is 0 Å². The van der Waals surface area contributed by atoms with Gasteiger partial charge in [0.25, 0.3) is 5.91 Å². The molecule has 0 radical (unpaired) electrons. The Morgan fingerprint density at radius 3 is 2.09 bits per heavy atom. The molecule has 32 heavy (non-hydrogen) atoms. The van der Waals surface area contributed by atoms with E-state index >= 15 is 0 Å². The fourth-order valence-corrected chi connectivity index (χ4v) is 3.02. The summed E-state index contributed by atoms with van der Waals surface area (Å²) in [4.78, 5) is 47.1. The van der Waals surface area contributed by atoms with Gasteiger partial charge in [0, 0.05) is 35.8 Å². The van der Waals surface area contributed by atoms with Crippen molar-refractivity contribution in [1.82, 2.24) is 0 Å². The Morgan fingerprint density at radius 2 is 1.38 bits per heavy atom. The van der Waals surface area contributed by atoms with Gasteiger partial charge in [0.05, 0.1) is 6.42 Å². The Bertz CT molecular complexity index is 1140. The smallest absolute Gasteiger partial charge is 0.306 e. The molecule has 0 fully saturated rings. The zero-order chi connectivity index (χ0) is 22.9. The van der Waals surface area contributed by atoms with Gasteiger partial charge in [0.15, 0.2) is 6.61 Å². The van der Waals surface area contributed by atoms with E-state index in [-0.39, 0.29) is 24.7 Å². The van der Waals surface area contributed by atoms with Crippen LogP contribution in [0.4, 0.5) is 17.1 Å². The molecule has 0 aliphatic rings. The number of ether oxygens (including phenoxy) is 1. The molecule has 0 bridgehead atoms. The standard InChI is InChI=1S/C24H23N3O5/c1-16(28)25-18-9-11-19(12-10-18)26-22(29)13-14-24(31)32-15-23(30)27-21-8-4-6-17-5-2-3-7-20(17)21/h2-12H,13-15H2,1H3,(H,25,28)(H,26,29)(H,27,30). The Kier molecular flexibility index (Phi) is 7.53. The minimum atomic E-state index is -0.644. The van der Waals surface area contributed by atoms with Gasteiger partial charge in [-0.05, 0) is 35.7 Å². The van der Waals surface area contributed by atoms with Crippen LogP contribution >= 0.6 is 0 Å². The highest BCUT2D eigenvalue weighted by Gasteiger charge is 2.12. The summed E-state index contributed by atoms with van der Waals surface area (Å²) in [6.07, 6.45) is -0.241. The molecule has 3 aromatic carbocycles. The first-order valence-electron chi connectivity index (χ1n) is 10.0. The van der Waals surface area contributed by atoms with Gasteiger partial charge in [-0.15, -0.1) is 0 Å². The van der Waals surface area contributed by atoms with E-state index in [0.717, 1.165) is 10.8 Å². The molecule has 8 heteroatoms. The van der Waals surface area contributed by atoms with Gasteiger partial charge < -0.3 is 20.7 Å². The highest BCUT2D eigenvalue weighted by atomic mass is 16.5. The summed E-state index contributed by atoms with van der Waals surface area (Å²) in [5.41, 5.74) is 1.78. The molecule has 0 saturated heterocycles. The predicted octanol–water partition coefficient (Wildman–Crippen LogP) is 3.70. The molecule has 0 spiro atoms. The van der Waals surface area contributed by atoms with Crippen molar-refractivity contribution in [2.75, 3.05) is 22.6 Å². The number of esters is 1. The lowest BCUT2D eigenvalue weighted by Crippen LogP contribution is -2.22. The number of nitrogens with one attached hydrogen (secondary N) is 3. The van der Waals surface area contributed by atoms with Crippen molar-refractivity contribution in [1.29, 1.82) is 0 Å². The molecule has 0 aliphatic heterocycles. The molecule has 0 unspecified atom stereocenters. The number of hydrogen-bond acceptors (Lipinski definition) is 5. The third-order valence-corrected chi connectivity index (χ3v) is 4.47. The van der Waals surface area contributed by atoms with Crippen molar-refractivity contribution in [2.45, 2.75) is 19.8 Å². The number of amides is 3. The molecular formula is C24H23N3O5. The number of hydrogen-bond donors (Lipinski definition) is 3. The molecule has 3 rings (SSSR count). The number of carbonyl (C=O) groups excluding carboxylic acids is 4. The molecule has 0 aliphatic carbocycles. The molecule has 3 amide bonds. The van der Waals surface area contributed by atoms with Gasteiger partial charge >= 0.3 is 5.97 Å². The van der Waals surface area contributed by atoms with Gasteiger partial charge in [0.2, 0.25) is 11.8 Å². The van der Waals surface area contributed by atoms with E-state index < -0.39 is 18.5 Å². The molecular weight excluding hydrogens is 410 g/mol. The Balaban J connectivity index is 1.40. The molecule has 8 nitrogen and oxygen atoms in total. The second-order valence-electron chi connectivity index (χ2n) is 7.04. The minimum Gasteiger partial charge on any atom is -0.456 e. The minimum absolute atomic E-state index is 0.0861. The summed E-state index contributed by atoms with van der Waals surface area (Å²) in [7, 11) is 0. The molecule has 0 saturated carbocycles.